The molecule has 3 nitrogen and oxygen atoms in total. The minimum absolute atomic E-state index is 0.0861. The maximum Gasteiger partial charge on any atom is 0.0540 e. The van der Waals surface area contributed by atoms with Gasteiger partial charge in [-0.15, -0.1) is 0 Å². The zero-order valence-electron chi connectivity index (χ0n) is 6.62. The van der Waals surface area contributed by atoms with Crippen molar-refractivity contribution in [2.75, 3.05) is 12.3 Å². The van der Waals surface area contributed by atoms with Crippen LogP contribution in [-0.2, 0) is 0 Å². The van der Waals surface area contributed by atoms with E-state index in [1.165, 1.54) is 0 Å². The highest BCUT2D eigenvalue weighted by molar-refractivity contribution is 5.43. The van der Waals surface area contributed by atoms with E-state index in [-0.39, 0.29) is 6.61 Å². The van der Waals surface area contributed by atoms with Crippen LogP contribution in [0.1, 0.15) is 12.0 Å². The third-order valence-corrected chi connectivity index (χ3v) is 1.23. The average molecular weight is 162 g/mol. The van der Waals surface area contributed by atoms with Gasteiger partial charge in [0.25, 0.3) is 0 Å². The van der Waals surface area contributed by atoms with Crippen LogP contribution in [0.5, 0.6) is 0 Å². The number of aliphatic hydroxyl groups excluding tert-OH is 1. The van der Waals surface area contributed by atoms with E-state index in [4.69, 9.17) is 10.8 Å². The lowest BCUT2D eigenvalue weighted by Crippen LogP contribution is -1.87. The molecule has 0 aliphatic carbocycles. The number of rotatable bonds is 1. The van der Waals surface area contributed by atoms with Gasteiger partial charge in [0.15, 0.2) is 0 Å². The number of hydrogen-bond donors (Lipinski definition) is 2. The summed E-state index contributed by atoms with van der Waals surface area (Å²) in [5.41, 5.74) is 6.87. The Balaban J connectivity index is 2.71. The standard InChI is InChI=1S/C9H10N2O/c10-9-5-8(6-11-7-9)3-1-2-4-12/h5-7,12H,2,4,10H2. The van der Waals surface area contributed by atoms with Gasteiger partial charge in [0, 0.05) is 24.4 Å². The highest BCUT2D eigenvalue weighted by Crippen LogP contribution is 2.01. The van der Waals surface area contributed by atoms with Gasteiger partial charge in [-0.05, 0) is 6.07 Å². The van der Waals surface area contributed by atoms with Crippen LogP contribution in [0.3, 0.4) is 0 Å². The largest absolute Gasteiger partial charge is 0.397 e. The monoisotopic (exact) mass is 162 g/mol. The van der Waals surface area contributed by atoms with Crippen molar-refractivity contribution in [2.45, 2.75) is 6.42 Å². The van der Waals surface area contributed by atoms with E-state index in [1.807, 2.05) is 0 Å². The normalized spacial score (nSPS) is 8.75. The van der Waals surface area contributed by atoms with Gasteiger partial charge in [-0.25, -0.2) is 0 Å². The van der Waals surface area contributed by atoms with Crippen LogP contribution in [0, 0.1) is 11.8 Å². The minimum Gasteiger partial charge on any atom is -0.397 e. The molecule has 1 aromatic rings. The van der Waals surface area contributed by atoms with Gasteiger partial charge in [0.1, 0.15) is 0 Å². The summed E-state index contributed by atoms with van der Waals surface area (Å²) < 4.78 is 0. The quantitative estimate of drug-likeness (QED) is 0.587. The minimum atomic E-state index is 0.0861. The van der Waals surface area contributed by atoms with Crippen LogP contribution in [0.25, 0.3) is 0 Å². The zero-order valence-corrected chi connectivity index (χ0v) is 6.62. The second kappa shape index (κ2) is 4.37. The molecule has 0 unspecified atom stereocenters. The smallest absolute Gasteiger partial charge is 0.0540 e. The maximum absolute atomic E-state index is 8.46. The lowest BCUT2D eigenvalue weighted by Gasteiger charge is -1.91. The van der Waals surface area contributed by atoms with Gasteiger partial charge in [-0.3, -0.25) is 4.98 Å². The molecule has 0 spiro atoms. The molecule has 0 amide bonds. The van der Waals surface area contributed by atoms with Crippen molar-refractivity contribution in [3.8, 4) is 11.8 Å². The fraction of sp³-hybridized carbons (Fsp3) is 0.222. The van der Waals surface area contributed by atoms with Gasteiger partial charge < -0.3 is 10.8 Å². The van der Waals surface area contributed by atoms with Crippen molar-refractivity contribution in [3.05, 3.63) is 24.0 Å². The number of nitrogens with zero attached hydrogens (tertiary/aromatic N) is 1. The number of aliphatic hydroxyl groups is 1. The third-order valence-electron chi connectivity index (χ3n) is 1.23. The second-order valence-corrected chi connectivity index (χ2v) is 2.28. The Labute approximate surface area is 71.2 Å². The molecular formula is C9H10N2O. The molecule has 3 N–H and O–H groups in total. The van der Waals surface area contributed by atoms with E-state index in [0.29, 0.717) is 12.1 Å². The SMILES string of the molecule is Nc1cncc(C#CCCO)c1. The Kier molecular flexibility index (Phi) is 3.12. The highest BCUT2D eigenvalue weighted by Gasteiger charge is 1.87. The number of nitrogens with two attached hydrogens (primary N) is 1. The predicted octanol–water partition coefficient (Wildman–Crippen LogP) is 0.398. The summed E-state index contributed by atoms with van der Waals surface area (Å²) in [6, 6.07) is 1.75. The maximum atomic E-state index is 8.46. The van der Waals surface area contributed by atoms with Crippen LogP contribution < -0.4 is 5.73 Å². The Hall–Kier alpha value is -1.53. The fourth-order valence-corrected chi connectivity index (χ4v) is 0.747. The van der Waals surface area contributed by atoms with Crippen molar-refractivity contribution < 1.29 is 5.11 Å². The Morgan fingerprint density at radius 3 is 3.00 bits per heavy atom. The van der Waals surface area contributed by atoms with Crippen molar-refractivity contribution in [1.29, 1.82) is 0 Å². The molecule has 62 valence electrons. The van der Waals surface area contributed by atoms with Crippen LogP contribution in [-0.4, -0.2) is 16.7 Å². The second-order valence-electron chi connectivity index (χ2n) is 2.28. The molecule has 0 aromatic carbocycles. The van der Waals surface area contributed by atoms with E-state index in [2.05, 4.69) is 16.8 Å². The van der Waals surface area contributed by atoms with Crippen molar-refractivity contribution >= 4 is 5.69 Å². The lowest BCUT2D eigenvalue weighted by molar-refractivity contribution is 0.305. The number of hydrogen-bond acceptors (Lipinski definition) is 3. The first-order valence-corrected chi connectivity index (χ1v) is 3.63. The third kappa shape index (κ3) is 2.60. The summed E-state index contributed by atoms with van der Waals surface area (Å²) in [6.45, 7) is 0.0861. The number of aromatic nitrogens is 1. The van der Waals surface area contributed by atoms with E-state index in [9.17, 15) is 0 Å². The fourth-order valence-electron chi connectivity index (χ4n) is 0.747. The zero-order chi connectivity index (χ0) is 8.81. The molecule has 0 radical (unpaired) electrons. The first-order valence-electron chi connectivity index (χ1n) is 3.63. The first-order chi connectivity index (χ1) is 5.83. The molecular weight excluding hydrogens is 152 g/mol. The van der Waals surface area contributed by atoms with Crippen molar-refractivity contribution in [3.63, 3.8) is 0 Å². The Bertz CT molecular complexity index is 312. The van der Waals surface area contributed by atoms with E-state index in [0.717, 1.165) is 5.56 Å². The van der Waals surface area contributed by atoms with Crippen LogP contribution in [0.4, 0.5) is 5.69 Å². The van der Waals surface area contributed by atoms with Crippen molar-refractivity contribution in [1.82, 2.24) is 4.98 Å². The highest BCUT2D eigenvalue weighted by atomic mass is 16.2. The summed E-state index contributed by atoms with van der Waals surface area (Å²) in [7, 11) is 0. The molecule has 1 heterocycles. The van der Waals surface area contributed by atoms with Crippen LogP contribution >= 0.6 is 0 Å². The van der Waals surface area contributed by atoms with Gasteiger partial charge in [0.05, 0.1) is 12.3 Å². The lowest BCUT2D eigenvalue weighted by atomic mass is 10.2. The molecule has 0 atom stereocenters. The van der Waals surface area contributed by atoms with E-state index < -0.39 is 0 Å². The first kappa shape index (κ1) is 8.57. The van der Waals surface area contributed by atoms with Gasteiger partial charge in [-0.2, -0.15) is 0 Å². The summed E-state index contributed by atoms with van der Waals surface area (Å²) in [6.07, 6.45) is 3.69. The molecule has 12 heavy (non-hydrogen) atoms. The summed E-state index contributed by atoms with van der Waals surface area (Å²) in [5, 5.41) is 8.46. The van der Waals surface area contributed by atoms with Gasteiger partial charge >= 0.3 is 0 Å². The van der Waals surface area contributed by atoms with Crippen LogP contribution in [0.15, 0.2) is 18.5 Å². The van der Waals surface area contributed by atoms with E-state index >= 15 is 0 Å². The molecule has 1 rings (SSSR count). The summed E-state index contributed by atoms with van der Waals surface area (Å²) >= 11 is 0. The Morgan fingerprint density at radius 1 is 1.50 bits per heavy atom. The van der Waals surface area contributed by atoms with E-state index in [1.54, 1.807) is 18.5 Å². The topological polar surface area (TPSA) is 59.1 Å². The Morgan fingerprint density at radius 2 is 2.33 bits per heavy atom. The molecule has 0 saturated carbocycles. The number of nitrogen functional groups attached to an aromatic ring is 1. The van der Waals surface area contributed by atoms with Gasteiger partial charge in [0.2, 0.25) is 0 Å². The number of anilines is 1. The number of pyridine rings is 1. The summed E-state index contributed by atoms with van der Waals surface area (Å²) in [5.74, 6) is 5.62. The molecule has 3 heteroatoms. The molecule has 0 aliphatic heterocycles. The predicted molar refractivity (Wildman–Crippen MR) is 47.2 cm³/mol. The summed E-state index contributed by atoms with van der Waals surface area (Å²) in [4.78, 5) is 3.87. The molecule has 0 saturated heterocycles. The molecule has 1 aromatic heterocycles. The molecule has 0 bridgehead atoms. The molecule has 0 aliphatic rings. The van der Waals surface area contributed by atoms with Gasteiger partial charge in [-0.1, -0.05) is 11.8 Å². The average Bonchev–Trinajstić information content (AvgIpc) is 2.05. The van der Waals surface area contributed by atoms with Crippen LogP contribution in [0.2, 0.25) is 0 Å². The van der Waals surface area contributed by atoms with Crippen molar-refractivity contribution in [2.24, 2.45) is 0 Å². The molecule has 0 fully saturated rings.